The van der Waals surface area contributed by atoms with E-state index in [2.05, 4.69) is 10.6 Å². The first-order valence-electron chi connectivity index (χ1n) is 9.96. The lowest BCUT2D eigenvalue weighted by Gasteiger charge is -2.35. The Morgan fingerprint density at radius 3 is 2.30 bits per heavy atom. The van der Waals surface area contributed by atoms with Gasteiger partial charge in [0.05, 0.1) is 30.6 Å². The van der Waals surface area contributed by atoms with E-state index in [9.17, 15) is 14.4 Å². The molecule has 1 aliphatic rings. The SMILES string of the molecule is Cc1occc1C(=O)NCC(=O)NCc1ccc(C(=O)N2CC(C)OC(C)C2)cc1. The van der Waals surface area contributed by atoms with Crippen molar-refractivity contribution in [3.63, 3.8) is 0 Å². The van der Waals surface area contributed by atoms with Gasteiger partial charge in [0.1, 0.15) is 5.76 Å². The number of ether oxygens (including phenoxy) is 1. The summed E-state index contributed by atoms with van der Waals surface area (Å²) in [7, 11) is 0. The second kappa shape index (κ2) is 9.58. The van der Waals surface area contributed by atoms with Crippen LogP contribution in [0.5, 0.6) is 0 Å². The lowest BCUT2D eigenvalue weighted by Crippen LogP contribution is -2.48. The van der Waals surface area contributed by atoms with Crippen LogP contribution in [0.1, 0.15) is 45.9 Å². The highest BCUT2D eigenvalue weighted by molar-refractivity contribution is 5.97. The highest BCUT2D eigenvalue weighted by Crippen LogP contribution is 2.15. The van der Waals surface area contributed by atoms with Crippen LogP contribution in [0.15, 0.2) is 41.0 Å². The van der Waals surface area contributed by atoms with E-state index in [0.29, 0.717) is 36.5 Å². The van der Waals surface area contributed by atoms with Gasteiger partial charge in [0.2, 0.25) is 5.91 Å². The maximum atomic E-state index is 12.7. The molecule has 0 saturated carbocycles. The van der Waals surface area contributed by atoms with E-state index in [1.54, 1.807) is 30.0 Å². The Morgan fingerprint density at radius 2 is 1.70 bits per heavy atom. The minimum atomic E-state index is -0.356. The van der Waals surface area contributed by atoms with Crippen molar-refractivity contribution in [2.24, 2.45) is 0 Å². The van der Waals surface area contributed by atoms with Crippen molar-refractivity contribution in [3.05, 3.63) is 59.0 Å². The second-order valence-electron chi connectivity index (χ2n) is 7.51. The van der Waals surface area contributed by atoms with Crippen LogP contribution in [-0.2, 0) is 16.1 Å². The number of nitrogens with one attached hydrogen (secondary N) is 2. The van der Waals surface area contributed by atoms with Gasteiger partial charge in [-0.3, -0.25) is 14.4 Å². The molecule has 0 radical (unpaired) electrons. The maximum Gasteiger partial charge on any atom is 0.255 e. The van der Waals surface area contributed by atoms with Gasteiger partial charge in [-0.15, -0.1) is 0 Å². The molecule has 1 aliphatic heterocycles. The predicted octanol–water partition coefficient (Wildman–Crippen LogP) is 1.88. The molecule has 1 fully saturated rings. The smallest absolute Gasteiger partial charge is 0.255 e. The predicted molar refractivity (Wildman–Crippen MR) is 110 cm³/mol. The van der Waals surface area contributed by atoms with Gasteiger partial charge in [-0.25, -0.2) is 0 Å². The molecule has 3 amide bonds. The Balaban J connectivity index is 1.46. The Hall–Kier alpha value is -3.13. The fraction of sp³-hybridized carbons (Fsp3) is 0.409. The highest BCUT2D eigenvalue weighted by atomic mass is 16.5. The largest absolute Gasteiger partial charge is 0.469 e. The number of rotatable bonds is 6. The van der Waals surface area contributed by atoms with Crippen molar-refractivity contribution < 1.29 is 23.5 Å². The number of benzene rings is 1. The zero-order valence-corrected chi connectivity index (χ0v) is 17.4. The van der Waals surface area contributed by atoms with Gasteiger partial charge >= 0.3 is 0 Å². The van der Waals surface area contributed by atoms with Crippen LogP contribution in [0.25, 0.3) is 0 Å². The van der Waals surface area contributed by atoms with E-state index in [1.165, 1.54) is 6.26 Å². The lowest BCUT2D eigenvalue weighted by molar-refractivity contribution is -0.120. The fourth-order valence-corrected chi connectivity index (χ4v) is 3.43. The van der Waals surface area contributed by atoms with Crippen LogP contribution in [0, 0.1) is 6.92 Å². The average molecular weight is 413 g/mol. The van der Waals surface area contributed by atoms with Crippen molar-refractivity contribution in [2.75, 3.05) is 19.6 Å². The van der Waals surface area contributed by atoms with Crippen molar-refractivity contribution in [3.8, 4) is 0 Å². The third kappa shape index (κ3) is 5.48. The minimum absolute atomic E-state index is 0.0186. The first kappa shape index (κ1) is 21.6. The molecule has 160 valence electrons. The summed E-state index contributed by atoms with van der Waals surface area (Å²) in [5.74, 6) is -0.180. The first-order valence-corrected chi connectivity index (χ1v) is 9.96. The van der Waals surface area contributed by atoms with Gasteiger partial charge in [-0.1, -0.05) is 12.1 Å². The summed E-state index contributed by atoms with van der Waals surface area (Å²) in [5, 5.41) is 5.31. The number of aryl methyl sites for hydroxylation is 1. The number of carbonyl (C=O) groups excluding carboxylic acids is 3. The summed E-state index contributed by atoms with van der Waals surface area (Å²) in [5.41, 5.74) is 1.88. The summed E-state index contributed by atoms with van der Waals surface area (Å²) in [6.45, 7) is 6.92. The Bertz CT molecular complexity index is 896. The van der Waals surface area contributed by atoms with Crippen LogP contribution in [0.3, 0.4) is 0 Å². The molecule has 8 heteroatoms. The highest BCUT2D eigenvalue weighted by Gasteiger charge is 2.26. The summed E-state index contributed by atoms with van der Waals surface area (Å²) >= 11 is 0. The number of carbonyl (C=O) groups is 3. The van der Waals surface area contributed by atoms with Crippen LogP contribution in [0.2, 0.25) is 0 Å². The number of hydrogen-bond donors (Lipinski definition) is 2. The topological polar surface area (TPSA) is 101 Å². The third-order valence-electron chi connectivity index (χ3n) is 4.91. The van der Waals surface area contributed by atoms with E-state index in [-0.39, 0.29) is 36.5 Å². The van der Waals surface area contributed by atoms with Crippen molar-refractivity contribution in [1.29, 1.82) is 0 Å². The summed E-state index contributed by atoms with van der Waals surface area (Å²) in [6.07, 6.45) is 1.47. The molecule has 1 saturated heterocycles. The fourth-order valence-electron chi connectivity index (χ4n) is 3.43. The second-order valence-corrected chi connectivity index (χ2v) is 7.51. The van der Waals surface area contributed by atoms with Gasteiger partial charge < -0.3 is 24.7 Å². The van der Waals surface area contributed by atoms with Gasteiger partial charge in [0, 0.05) is 25.2 Å². The van der Waals surface area contributed by atoms with E-state index in [4.69, 9.17) is 9.15 Å². The molecule has 0 aliphatic carbocycles. The van der Waals surface area contributed by atoms with Gasteiger partial charge in [-0.2, -0.15) is 0 Å². The van der Waals surface area contributed by atoms with Gasteiger partial charge in [-0.05, 0) is 44.5 Å². The number of nitrogens with zero attached hydrogens (tertiary/aromatic N) is 1. The van der Waals surface area contributed by atoms with Crippen LogP contribution in [-0.4, -0.2) is 54.5 Å². The molecule has 0 bridgehead atoms. The zero-order chi connectivity index (χ0) is 21.7. The molecule has 2 N–H and O–H groups in total. The van der Waals surface area contributed by atoms with Crippen molar-refractivity contribution in [2.45, 2.75) is 39.5 Å². The molecule has 1 aromatic heterocycles. The van der Waals surface area contributed by atoms with Crippen LogP contribution < -0.4 is 10.6 Å². The van der Waals surface area contributed by atoms with Gasteiger partial charge in [0.15, 0.2) is 0 Å². The Morgan fingerprint density at radius 1 is 1.03 bits per heavy atom. The van der Waals surface area contributed by atoms with Crippen LogP contribution in [0.4, 0.5) is 0 Å². The van der Waals surface area contributed by atoms with Crippen molar-refractivity contribution in [1.82, 2.24) is 15.5 Å². The summed E-state index contributed by atoms with van der Waals surface area (Å²) < 4.78 is 10.8. The Labute approximate surface area is 175 Å². The van der Waals surface area contributed by atoms with E-state index in [0.717, 1.165) is 5.56 Å². The molecule has 2 aromatic rings. The summed E-state index contributed by atoms with van der Waals surface area (Å²) in [4.78, 5) is 38.5. The minimum Gasteiger partial charge on any atom is -0.469 e. The zero-order valence-electron chi connectivity index (χ0n) is 17.4. The molecular formula is C22H27N3O5. The molecular weight excluding hydrogens is 386 g/mol. The number of amides is 3. The van der Waals surface area contributed by atoms with Crippen LogP contribution >= 0.6 is 0 Å². The molecule has 1 aromatic carbocycles. The van der Waals surface area contributed by atoms with E-state index < -0.39 is 0 Å². The maximum absolute atomic E-state index is 12.7. The summed E-state index contributed by atoms with van der Waals surface area (Å²) in [6, 6.07) is 8.71. The third-order valence-corrected chi connectivity index (χ3v) is 4.91. The quantitative estimate of drug-likeness (QED) is 0.753. The molecule has 0 spiro atoms. The Kier molecular flexibility index (Phi) is 6.89. The number of morpholine rings is 1. The molecule has 3 rings (SSSR count). The average Bonchev–Trinajstić information content (AvgIpc) is 3.15. The van der Waals surface area contributed by atoms with E-state index in [1.807, 2.05) is 26.0 Å². The molecule has 2 unspecified atom stereocenters. The molecule has 8 nitrogen and oxygen atoms in total. The monoisotopic (exact) mass is 413 g/mol. The number of furan rings is 1. The lowest BCUT2D eigenvalue weighted by atomic mass is 10.1. The van der Waals surface area contributed by atoms with Crippen molar-refractivity contribution >= 4 is 17.7 Å². The first-order chi connectivity index (χ1) is 14.3. The van der Waals surface area contributed by atoms with E-state index >= 15 is 0 Å². The molecule has 2 atom stereocenters. The molecule has 30 heavy (non-hydrogen) atoms. The number of hydrogen-bond acceptors (Lipinski definition) is 5. The molecule has 2 heterocycles. The normalized spacial score (nSPS) is 18.7. The standard InChI is InChI=1S/C22H27N3O5/c1-14-12-25(13-15(2)30-14)22(28)18-6-4-17(5-7-18)10-23-20(26)11-24-21(27)19-8-9-29-16(19)3/h4-9,14-15H,10-13H2,1-3H3,(H,23,26)(H,24,27). The van der Waals surface area contributed by atoms with Gasteiger partial charge in [0.25, 0.3) is 11.8 Å².